The van der Waals surface area contributed by atoms with E-state index in [1.165, 1.54) is 0 Å². The van der Waals surface area contributed by atoms with Crippen molar-refractivity contribution in [1.29, 1.82) is 0 Å². The highest BCUT2D eigenvalue weighted by Crippen LogP contribution is 2.02. The van der Waals surface area contributed by atoms with E-state index >= 15 is 0 Å². The summed E-state index contributed by atoms with van der Waals surface area (Å²) in [5.74, 6) is -6.60. The third-order valence-corrected chi connectivity index (χ3v) is 4.41. The Morgan fingerprint density at radius 3 is 1.73 bits per heavy atom. The molecule has 0 fully saturated rings. The molecule has 0 aliphatic heterocycles. The van der Waals surface area contributed by atoms with Gasteiger partial charge in [-0.15, -0.1) is 0 Å². The lowest BCUT2D eigenvalue weighted by atomic mass is 10.1. The molecular weight excluding hydrogens is 442 g/mol. The summed E-state index contributed by atoms with van der Waals surface area (Å²) in [5.41, 5.74) is 10.6. The lowest BCUT2D eigenvalue weighted by molar-refractivity contribution is -0.143. The molecule has 0 saturated heterocycles. The number of carboxylic acids is 2. The Labute approximate surface area is 182 Å². The van der Waals surface area contributed by atoms with Gasteiger partial charge in [-0.25, -0.2) is 4.79 Å². The second-order valence-electron chi connectivity index (χ2n) is 6.10. The molecule has 13 nitrogen and oxygen atoms in total. The van der Waals surface area contributed by atoms with Crippen LogP contribution in [0.15, 0.2) is 0 Å². The molecule has 0 heterocycles. The highest BCUT2D eigenvalue weighted by molar-refractivity contribution is 7.80. The van der Waals surface area contributed by atoms with E-state index < -0.39 is 79.0 Å². The minimum Gasteiger partial charge on any atom is -0.481 e. The van der Waals surface area contributed by atoms with Gasteiger partial charge >= 0.3 is 11.9 Å². The summed E-state index contributed by atoms with van der Waals surface area (Å²) in [4.78, 5) is 69.7. The highest BCUT2D eigenvalue weighted by Gasteiger charge is 2.30. The van der Waals surface area contributed by atoms with Gasteiger partial charge in [-0.2, -0.15) is 25.3 Å². The zero-order chi connectivity index (χ0) is 23.4. The number of thiol groups is 2. The van der Waals surface area contributed by atoms with Crippen LogP contribution in [-0.4, -0.2) is 81.5 Å². The first-order chi connectivity index (χ1) is 13.9. The first kappa shape index (κ1) is 27.5. The number of carbonyl (C=O) groups excluding carboxylic acids is 4. The van der Waals surface area contributed by atoms with Crippen LogP contribution in [0.3, 0.4) is 0 Å². The van der Waals surface area contributed by atoms with Crippen LogP contribution in [0.2, 0.25) is 0 Å². The molecule has 0 radical (unpaired) electrons. The maximum Gasteiger partial charge on any atom is 0.326 e. The van der Waals surface area contributed by atoms with Gasteiger partial charge in [0.1, 0.15) is 18.1 Å². The van der Waals surface area contributed by atoms with Crippen LogP contribution >= 0.6 is 25.3 Å². The molecule has 15 heteroatoms. The standard InChI is InChI=1S/C15H25N5O8S2/c16-6(4-29)12(24)20-9(5-30)14(26)19-8(3-10(17)21)13(25)18-7(15(27)28)1-2-11(22)23/h6-9,29-30H,1-5,16H2,(H2,17,21)(H,18,25)(H,19,26)(H,20,24)(H,22,23)(H,27,28). The zero-order valence-electron chi connectivity index (χ0n) is 15.7. The lowest BCUT2D eigenvalue weighted by Gasteiger charge is -2.23. The Kier molecular flexibility index (Phi) is 12.5. The molecule has 0 aromatic rings. The molecule has 0 spiro atoms. The van der Waals surface area contributed by atoms with Crippen LogP contribution in [0, 0.1) is 0 Å². The Morgan fingerprint density at radius 2 is 1.30 bits per heavy atom. The Balaban J connectivity index is 5.27. The molecule has 0 aromatic carbocycles. The number of carbonyl (C=O) groups is 6. The van der Waals surface area contributed by atoms with Crippen molar-refractivity contribution in [2.75, 3.05) is 11.5 Å². The third kappa shape index (κ3) is 10.3. The summed E-state index contributed by atoms with van der Waals surface area (Å²) in [6.45, 7) is 0. The van der Waals surface area contributed by atoms with E-state index in [1.54, 1.807) is 0 Å². The molecule has 0 saturated carbocycles. The molecule has 170 valence electrons. The van der Waals surface area contributed by atoms with Crippen molar-refractivity contribution in [2.24, 2.45) is 11.5 Å². The molecule has 4 amide bonds. The minimum absolute atomic E-state index is 0.00632. The number of carboxylic acid groups (broad SMARTS) is 2. The number of rotatable bonds is 14. The van der Waals surface area contributed by atoms with Crippen molar-refractivity contribution >= 4 is 60.8 Å². The van der Waals surface area contributed by atoms with Gasteiger partial charge in [0.15, 0.2) is 0 Å². The quantitative estimate of drug-likeness (QED) is 0.115. The lowest BCUT2D eigenvalue weighted by Crippen LogP contribution is -2.58. The van der Waals surface area contributed by atoms with E-state index in [-0.39, 0.29) is 11.5 Å². The average Bonchev–Trinajstić information content (AvgIpc) is 2.66. The molecule has 0 rings (SSSR count). The summed E-state index contributed by atoms with van der Waals surface area (Å²) >= 11 is 7.80. The summed E-state index contributed by atoms with van der Waals surface area (Å²) in [5, 5.41) is 24.3. The van der Waals surface area contributed by atoms with Crippen LogP contribution in [0.4, 0.5) is 0 Å². The van der Waals surface area contributed by atoms with Crippen LogP contribution in [0.1, 0.15) is 19.3 Å². The maximum absolute atomic E-state index is 12.4. The molecular formula is C15H25N5O8S2. The number of nitrogens with two attached hydrogens (primary N) is 2. The van der Waals surface area contributed by atoms with Gasteiger partial charge in [-0.3, -0.25) is 24.0 Å². The van der Waals surface area contributed by atoms with Crippen molar-refractivity contribution in [3.05, 3.63) is 0 Å². The minimum atomic E-state index is -1.57. The first-order valence-corrected chi connectivity index (χ1v) is 9.80. The Morgan fingerprint density at radius 1 is 0.800 bits per heavy atom. The second-order valence-corrected chi connectivity index (χ2v) is 6.83. The fourth-order valence-electron chi connectivity index (χ4n) is 2.04. The molecule has 4 unspecified atom stereocenters. The van der Waals surface area contributed by atoms with E-state index in [9.17, 15) is 28.8 Å². The highest BCUT2D eigenvalue weighted by atomic mass is 32.1. The number of amides is 4. The third-order valence-electron chi connectivity index (χ3n) is 3.65. The predicted octanol–water partition coefficient (Wildman–Crippen LogP) is -3.55. The molecule has 0 aromatic heterocycles. The molecule has 0 aliphatic rings. The van der Waals surface area contributed by atoms with E-state index in [0.717, 1.165) is 0 Å². The number of aliphatic carboxylic acids is 2. The fourth-order valence-corrected chi connectivity index (χ4v) is 2.46. The van der Waals surface area contributed by atoms with E-state index in [1.807, 2.05) is 5.32 Å². The molecule has 30 heavy (non-hydrogen) atoms. The molecule has 9 N–H and O–H groups in total. The van der Waals surface area contributed by atoms with Crippen LogP contribution in [0.5, 0.6) is 0 Å². The second kappa shape index (κ2) is 13.7. The van der Waals surface area contributed by atoms with E-state index in [4.69, 9.17) is 21.7 Å². The fraction of sp³-hybridized carbons (Fsp3) is 0.600. The predicted molar refractivity (Wildman–Crippen MR) is 110 cm³/mol. The SMILES string of the molecule is NC(=O)CC(NC(=O)C(CS)NC(=O)C(N)CS)C(=O)NC(CCC(=O)O)C(=O)O. The normalized spacial score (nSPS) is 14.5. The molecule has 4 atom stereocenters. The monoisotopic (exact) mass is 467 g/mol. The van der Waals surface area contributed by atoms with Crippen LogP contribution in [0.25, 0.3) is 0 Å². The van der Waals surface area contributed by atoms with Crippen molar-refractivity contribution in [3.63, 3.8) is 0 Å². The number of nitrogens with one attached hydrogen (secondary N) is 3. The van der Waals surface area contributed by atoms with E-state index in [2.05, 4.69) is 35.9 Å². The Hall–Kier alpha value is -2.52. The van der Waals surface area contributed by atoms with Gasteiger partial charge in [0.25, 0.3) is 0 Å². The van der Waals surface area contributed by atoms with Gasteiger partial charge < -0.3 is 37.6 Å². The largest absolute Gasteiger partial charge is 0.481 e. The Bertz CT molecular complexity index is 677. The molecule has 0 bridgehead atoms. The topological polar surface area (TPSA) is 231 Å². The summed E-state index contributed by atoms with van der Waals surface area (Å²) in [6, 6.07) is -5.37. The average molecular weight is 468 g/mol. The number of hydrogen-bond donors (Lipinski definition) is 9. The van der Waals surface area contributed by atoms with Crippen molar-refractivity contribution < 1.29 is 39.0 Å². The summed E-state index contributed by atoms with van der Waals surface area (Å²) < 4.78 is 0. The van der Waals surface area contributed by atoms with Crippen molar-refractivity contribution in [3.8, 4) is 0 Å². The van der Waals surface area contributed by atoms with Crippen molar-refractivity contribution in [2.45, 2.75) is 43.4 Å². The van der Waals surface area contributed by atoms with Gasteiger partial charge in [0.05, 0.1) is 12.5 Å². The first-order valence-electron chi connectivity index (χ1n) is 8.54. The summed E-state index contributed by atoms with van der Waals surface area (Å²) in [7, 11) is 0. The number of hydrogen-bond acceptors (Lipinski definition) is 9. The number of primary amides is 1. The van der Waals surface area contributed by atoms with Crippen LogP contribution in [-0.2, 0) is 28.8 Å². The smallest absolute Gasteiger partial charge is 0.326 e. The maximum atomic E-state index is 12.4. The van der Waals surface area contributed by atoms with E-state index in [0.29, 0.717) is 0 Å². The molecule has 0 aliphatic carbocycles. The van der Waals surface area contributed by atoms with Gasteiger partial charge in [0, 0.05) is 17.9 Å². The van der Waals surface area contributed by atoms with Gasteiger partial charge in [-0.1, -0.05) is 0 Å². The van der Waals surface area contributed by atoms with Crippen LogP contribution < -0.4 is 27.4 Å². The zero-order valence-corrected chi connectivity index (χ0v) is 17.5. The summed E-state index contributed by atoms with van der Waals surface area (Å²) in [6.07, 6.45) is -1.64. The van der Waals surface area contributed by atoms with Crippen molar-refractivity contribution in [1.82, 2.24) is 16.0 Å². The van der Waals surface area contributed by atoms with Gasteiger partial charge in [-0.05, 0) is 6.42 Å². The van der Waals surface area contributed by atoms with Gasteiger partial charge in [0.2, 0.25) is 23.6 Å².